The molecular weight excluding hydrogens is 427 g/mol. The van der Waals surface area contributed by atoms with Crippen LogP contribution in [0, 0.1) is 5.92 Å². The largest absolute Gasteiger partial charge is 0.416 e. The molecule has 31 heavy (non-hydrogen) atoms. The third kappa shape index (κ3) is 4.93. The molecule has 4 rings (SSSR count). The molecule has 0 spiro atoms. The van der Waals surface area contributed by atoms with Crippen molar-refractivity contribution in [2.75, 3.05) is 31.1 Å². The first kappa shape index (κ1) is 21.8. The Morgan fingerprint density at radius 3 is 2.65 bits per heavy atom. The van der Waals surface area contributed by atoms with Crippen LogP contribution in [0.15, 0.2) is 41.8 Å². The summed E-state index contributed by atoms with van der Waals surface area (Å²) < 4.78 is 39.0. The molecule has 1 aromatic carbocycles. The summed E-state index contributed by atoms with van der Waals surface area (Å²) in [5, 5.41) is 5.00. The number of anilines is 1. The number of thiophene rings is 1. The Bertz CT molecular complexity index is 926. The van der Waals surface area contributed by atoms with Gasteiger partial charge in [-0.25, -0.2) is 0 Å². The van der Waals surface area contributed by atoms with E-state index < -0.39 is 17.7 Å². The number of benzene rings is 1. The number of halogens is 3. The smallest absolute Gasteiger partial charge is 0.354 e. The molecule has 2 aliphatic heterocycles. The lowest BCUT2D eigenvalue weighted by molar-refractivity contribution is -0.137. The number of hydrogen-bond donors (Lipinski definition) is 1. The first-order chi connectivity index (χ1) is 14.8. The SMILES string of the molecule is O=C(NCC(c1cccs1)N1CCCC1)C1CC(=O)N(c2cccc(C(F)(F)F)c2)C1. The zero-order chi connectivity index (χ0) is 22.0. The van der Waals surface area contributed by atoms with Crippen LogP contribution in [0.3, 0.4) is 0 Å². The van der Waals surface area contributed by atoms with Gasteiger partial charge in [0.1, 0.15) is 0 Å². The van der Waals surface area contributed by atoms with Crippen LogP contribution in [0.4, 0.5) is 18.9 Å². The Morgan fingerprint density at radius 1 is 1.19 bits per heavy atom. The Kier molecular flexibility index (Phi) is 6.34. The van der Waals surface area contributed by atoms with E-state index >= 15 is 0 Å². The van der Waals surface area contributed by atoms with Gasteiger partial charge >= 0.3 is 6.18 Å². The van der Waals surface area contributed by atoms with Crippen LogP contribution in [0.1, 0.15) is 35.7 Å². The summed E-state index contributed by atoms with van der Waals surface area (Å²) in [7, 11) is 0. The number of amides is 2. The van der Waals surface area contributed by atoms with Crippen LogP contribution in [0.5, 0.6) is 0 Å². The molecule has 2 fully saturated rings. The molecule has 5 nitrogen and oxygen atoms in total. The van der Waals surface area contributed by atoms with E-state index in [9.17, 15) is 22.8 Å². The second kappa shape index (κ2) is 9.00. The summed E-state index contributed by atoms with van der Waals surface area (Å²) in [6.07, 6.45) is -2.21. The highest BCUT2D eigenvalue weighted by atomic mass is 32.1. The Hall–Kier alpha value is -2.39. The number of likely N-dealkylation sites (tertiary alicyclic amines) is 1. The molecule has 0 saturated carbocycles. The number of carbonyl (C=O) groups is 2. The normalized spacial score (nSPS) is 20.9. The molecule has 2 aliphatic rings. The number of nitrogens with one attached hydrogen (secondary N) is 1. The van der Waals surface area contributed by atoms with E-state index in [-0.39, 0.29) is 36.5 Å². The Morgan fingerprint density at radius 2 is 1.97 bits per heavy atom. The fraction of sp³-hybridized carbons (Fsp3) is 0.455. The topological polar surface area (TPSA) is 52.7 Å². The summed E-state index contributed by atoms with van der Waals surface area (Å²) in [5.74, 6) is -1.15. The number of nitrogens with zero attached hydrogens (tertiary/aromatic N) is 2. The molecule has 2 amide bonds. The van der Waals surface area contributed by atoms with E-state index in [1.807, 2.05) is 11.4 Å². The van der Waals surface area contributed by atoms with Crippen molar-refractivity contribution in [1.82, 2.24) is 10.2 Å². The van der Waals surface area contributed by atoms with Gasteiger partial charge in [-0.2, -0.15) is 13.2 Å². The molecule has 2 atom stereocenters. The second-order valence-electron chi connectivity index (χ2n) is 7.97. The third-order valence-electron chi connectivity index (χ3n) is 5.90. The van der Waals surface area contributed by atoms with Crippen molar-refractivity contribution in [3.63, 3.8) is 0 Å². The quantitative estimate of drug-likeness (QED) is 0.720. The lowest BCUT2D eigenvalue weighted by atomic mass is 10.1. The molecule has 0 radical (unpaired) electrons. The van der Waals surface area contributed by atoms with Gasteiger partial charge in [-0.1, -0.05) is 12.1 Å². The van der Waals surface area contributed by atoms with E-state index in [2.05, 4.69) is 16.3 Å². The summed E-state index contributed by atoms with van der Waals surface area (Å²) in [6, 6.07) is 8.83. The van der Waals surface area contributed by atoms with E-state index in [1.54, 1.807) is 11.3 Å². The van der Waals surface area contributed by atoms with Crippen molar-refractivity contribution in [3.05, 3.63) is 52.2 Å². The first-order valence-electron chi connectivity index (χ1n) is 10.4. The molecule has 1 aromatic heterocycles. The van der Waals surface area contributed by atoms with Crippen LogP contribution in [0.2, 0.25) is 0 Å². The van der Waals surface area contributed by atoms with Gasteiger partial charge in [-0.05, 0) is 55.6 Å². The minimum Gasteiger partial charge on any atom is -0.354 e. The maximum atomic E-state index is 13.0. The monoisotopic (exact) mass is 451 g/mol. The minimum atomic E-state index is -4.48. The van der Waals surface area contributed by atoms with Crippen molar-refractivity contribution in [2.45, 2.75) is 31.5 Å². The summed E-state index contributed by atoms with van der Waals surface area (Å²) >= 11 is 1.66. The minimum absolute atomic E-state index is 0.00450. The zero-order valence-electron chi connectivity index (χ0n) is 16.9. The van der Waals surface area contributed by atoms with Crippen LogP contribution < -0.4 is 10.2 Å². The van der Waals surface area contributed by atoms with Gasteiger partial charge in [-0.3, -0.25) is 14.5 Å². The highest BCUT2D eigenvalue weighted by molar-refractivity contribution is 7.10. The molecule has 2 saturated heterocycles. The van der Waals surface area contributed by atoms with Gasteiger partial charge in [0.25, 0.3) is 0 Å². The van der Waals surface area contributed by atoms with Gasteiger partial charge in [0.2, 0.25) is 11.8 Å². The van der Waals surface area contributed by atoms with Gasteiger partial charge in [-0.15, -0.1) is 11.3 Å². The van der Waals surface area contributed by atoms with Crippen molar-refractivity contribution in [2.24, 2.45) is 5.92 Å². The standard InChI is InChI=1S/C22H24F3N3O2S/c23-22(24,25)16-5-3-6-17(12-16)28-14-15(11-20(28)29)21(30)26-13-18(19-7-4-10-31-19)27-8-1-2-9-27/h3-7,10,12,15,18H,1-2,8-9,11,13-14H2,(H,26,30). The van der Waals surface area contributed by atoms with Crippen molar-refractivity contribution in [1.29, 1.82) is 0 Å². The third-order valence-corrected chi connectivity index (χ3v) is 6.88. The lowest BCUT2D eigenvalue weighted by Crippen LogP contribution is -2.39. The van der Waals surface area contributed by atoms with Gasteiger partial charge < -0.3 is 10.2 Å². The average molecular weight is 452 g/mol. The maximum absolute atomic E-state index is 13.0. The highest BCUT2D eigenvalue weighted by Gasteiger charge is 2.37. The van der Waals surface area contributed by atoms with Gasteiger partial charge in [0.05, 0.1) is 17.5 Å². The molecule has 2 unspecified atom stereocenters. The van der Waals surface area contributed by atoms with Crippen LogP contribution in [-0.4, -0.2) is 42.9 Å². The molecule has 3 heterocycles. The Balaban J connectivity index is 1.40. The molecule has 166 valence electrons. The summed E-state index contributed by atoms with van der Waals surface area (Å²) in [6.45, 7) is 2.51. The first-order valence-corrected chi connectivity index (χ1v) is 11.2. The van der Waals surface area contributed by atoms with Gasteiger partial charge in [0, 0.05) is 30.1 Å². The van der Waals surface area contributed by atoms with Gasteiger partial charge in [0.15, 0.2) is 0 Å². The lowest BCUT2D eigenvalue weighted by Gasteiger charge is -2.27. The molecular formula is C22H24F3N3O2S. The fourth-order valence-electron chi connectivity index (χ4n) is 4.27. The average Bonchev–Trinajstić information content (AvgIpc) is 3.50. The predicted molar refractivity (Wildman–Crippen MR) is 113 cm³/mol. The molecule has 2 aromatic rings. The number of alkyl halides is 3. The fourth-order valence-corrected chi connectivity index (χ4v) is 5.13. The van der Waals surface area contributed by atoms with Crippen molar-refractivity contribution >= 4 is 28.8 Å². The van der Waals surface area contributed by atoms with Crippen LogP contribution in [0.25, 0.3) is 0 Å². The van der Waals surface area contributed by atoms with E-state index in [4.69, 9.17) is 0 Å². The number of hydrogen-bond acceptors (Lipinski definition) is 4. The summed E-state index contributed by atoms with van der Waals surface area (Å²) in [5.41, 5.74) is -0.640. The van der Waals surface area contributed by atoms with E-state index in [1.165, 1.54) is 21.9 Å². The zero-order valence-corrected chi connectivity index (χ0v) is 17.7. The predicted octanol–water partition coefficient (Wildman–Crippen LogP) is 4.07. The number of carbonyl (C=O) groups excluding carboxylic acids is 2. The van der Waals surface area contributed by atoms with Crippen LogP contribution in [-0.2, 0) is 15.8 Å². The molecule has 0 bridgehead atoms. The van der Waals surface area contributed by atoms with Crippen molar-refractivity contribution in [3.8, 4) is 0 Å². The number of rotatable bonds is 6. The second-order valence-corrected chi connectivity index (χ2v) is 8.95. The highest BCUT2D eigenvalue weighted by Crippen LogP contribution is 2.34. The van der Waals surface area contributed by atoms with E-state index in [0.717, 1.165) is 38.1 Å². The maximum Gasteiger partial charge on any atom is 0.416 e. The molecule has 9 heteroatoms. The molecule has 0 aliphatic carbocycles. The van der Waals surface area contributed by atoms with Crippen LogP contribution >= 0.6 is 11.3 Å². The van der Waals surface area contributed by atoms with E-state index in [0.29, 0.717) is 6.54 Å². The van der Waals surface area contributed by atoms with Crippen molar-refractivity contribution < 1.29 is 22.8 Å². The Labute approximate surface area is 182 Å². The molecule has 1 N–H and O–H groups in total. The summed E-state index contributed by atoms with van der Waals surface area (Å²) in [4.78, 5) is 30.1.